The van der Waals surface area contributed by atoms with E-state index in [9.17, 15) is 18.3 Å². The molecule has 1 unspecified atom stereocenters. The molecular weight excluding hydrogens is 336 g/mol. The van der Waals surface area contributed by atoms with Gasteiger partial charge in [-0.1, -0.05) is 42.0 Å². The molecule has 4 nitrogen and oxygen atoms in total. The van der Waals surface area contributed by atoms with Gasteiger partial charge in [0.25, 0.3) is 0 Å². The third-order valence-electron chi connectivity index (χ3n) is 3.63. The predicted octanol–water partition coefficient (Wildman–Crippen LogP) is 3.76. The number of benzene rings is 2. The number of aryl methyl sites for hydroxylation is 1. The third kappa shape index (κ3) is 4.34. The molecule has 2 aromatic carbocycles. The van der Waals surface area contributed by atoms with Gasteiger partial charge in [0.1, 0.15) is 17.3 Å². The average molecular weight is 356 g/mol. The normalized spacial score (nSPS) is 12.2. The van der Waals surface area contributed by atoms with Crippen molar-refractivity contribution >= 4 is 16.1 Å². The Kier molecular flexibility index (Phi) is 5.75. The number of carbonyl (C=O) groups excluding carboxylic acids is 1. The fraction of sp³-hybridized carbons (Fsp3) is 0.200. The summed E-state index contributed by atoms with van der Waals surface area (Å²) in [4.78, 5) is 10.6. The zero-order valence-electron chi connectivity index (χ0n) is 14.4. The van der Waals surface area contributed by atoms with Crippen LogP contribution < -0.4 is 0 Å². The number of aldehydes is 1. The first-order chi connectivity index (χ1) is 11.8. The van der Waals surface area contributed by atoms with E-state index in [1.165, 1.54) is 36.4 Å². The molecule has 0 fully saturated rings. The molecular formula is C20H20O4S. The van der Waals surface area contributed by atoms with E-state index < -0.39 is 15.9 Å². The van der Waals surface area contributed by atoms with Gasteiger partial charge < -0.3 is 5.11 Å². The Morgan fingerprint density at radius 3 is 2.08 bits per heavy atom. The van der Waals surface area contributed by atoms with E-state index in [1.807, 2.05) is 6.92 Å². The van der Waals surface area contributed by atoms with Crippen molar-refractivity contribution in [3.8, 4) is 0 Å². The molecule has 0 radical (unpaired) electrons. The van der Waals surface area contributed by atoms with Gasteiger partial charge in [-0.05, 0) is 44.0 Å². The SMILES string of the molecule is CC(C)=C=C(C(O)c1ccc(C=O)cc1)S(=O)(=O)c1ccc(C)cc1. The van der Waals surface area contributed by atoms with Gasteiger partial charge in [0, 0.05) is 5.56 Å². The van der Waals surface area contributed by atoms with Crippen LogP contribution in [0.15, 0.2) is 69.6 Å². The van der Waals surface area contributed by atoms with Crippen molar-refractivity contribution in [2.24, 2.45) is 0 Å². The van der Waals surface area contributed by atoms with E-state index in [0.29, 0.717) is 23.0 Å². The molecule has 0 amide bonds. The van der Waals surface area contributed by atoms with Crippen molar-refractivity contribution in [1.29, 1.82) is 0 Å². The summed E-state index contributed by atoms with van der Waals surface area (Å²) in [6.45, 7) is 5.30. The van der Waals surface area contributed by atoms with Crippen molar-refractivity contribution in [3.05, 3.63) is 81.4 Å². The van der Waals surface area contributed by atoms with E-state index in [1.54, 1.807) is 26.0 Å². The van der Waals surface area contributed by atoms with Crippen LogP contribution in [0.1, 0.15) is 41.4 Å². The lowest BCUT2D eigenvalue weighted by Crippen LogP contribution is -2.12. The van der Waals surface area contributed by atoms with Gasteiger partial charge in [0.15, 0.2) is 0 Å². The van der Waals surface area contributed by atoms with E-state index >= 15 is 0 Å². The van der Waals surface area contributed by atoms with Crippen LogP contribution in [0.5, 0.6) is 0 Å². The van der Waals surface area contributed by atoms with Gasteiger partial charge in [0.05, 0.1) is 4.90 Å². The second-order valence-electron chi connectivity index (χ2n) is 5.99. The van der Waals surface area contributed by atoms with E-state index in [0.717, 1.165) is 5.56 Å². The fourth-order valence-corrected chi connectivity index (χ4v) is 3.80. The van der Waals surface area contributed by atoms with E-state index in [-0.39, 0.29) is 9.80 Å². The quantitative estimate of drug-likeness (QED) is 0.654. The molecule has 0 aliphatic rings. The highest BCUT2D eigenvalue weighted by molar-refractivity contribution is 7.95. The first-order valence-corrected chi connectivity index (χ1v) is 9.23. The smallest absolute Gasteiger partial charge is 0.212 e. The summed E-state index contributed by atoms with van der Waals surface area (Å²) in [6.07, 6.45) is -0.687. The highest BCUT2D eigenvalue weighted by atomic mass is 32.2. The lowest BCUT2D eigenvalue weighted by molar-refractivity contribution is 0.112. The summed E-state index contributed by atoms with van der Waals surface area (Å²) in [6, 6.07) is 12.6. The fourth-order valence-electron chi connectivity index (χ4n) is 2.28. The third-order valence-corrected chi connectivity index (χ3v) is 5.43. The number of carbonyl (C=O) groups is 1. The van der Waals surface area contributed by atoms with Crippen molar-refractivity contribution < 1.29 is 18.3 Å². The van der Waals surface area contributed by atoms with Crippen molar-refractivity contribution in [1.82, 2.24) is 0 Å². The van der Waals surface area contributed by atoms with Crippen molar-refractivity contribution in [2.75, 3.05) is 0 Å². The number of hydrogen-bond donors (Lipinski definition) is 1. The van der Waals surface area contributed by atoms with Crippen LogP contribution >= 0.6 is 0 Å². The Hall–Kier alpha value is -2.46. The number of aliphatic hydroxyl groups is 1. The molecule has 0 aromatic heterocycles. The minimum atomic E-state index is -3.91. The van der Waals surface area contributed by atoms with Crippen LogP contribution in [-0.4, -0.2) is 19.8 Å². The minimum absolute atomic E-state index is 0.102. The first kappa shape index (κ1) is 18.9. The molecule has 0 spiro atoms. The van der Waals surface area contributed by atoms with E-state index in [4.69, 9.17) is 0 Å². The zero-order chi connectivity index (χ0) is 18.6. The largest absolute Gasteiger partial charge is 0.382 e. The molecule has 1 atom stereocenters. The monoisotopic (exact) mass is 356 g/mol. The molecule has 25 heavy (non-hydrogen) atoms. The molecule has 130 valence electrons. The average Bonchev–Trinajstić information content (AvgIpc) is 2.59. The highest BCUT2D eigenvalue weighted by Crippen LogP contribution is 2.30. The standard InChI is InChI=1S/C20H20O4S/c1-14(2)12-19(20(22)17-8-6-16(13-21)7-9-17)25(23,24)18-10-4-15(3)5-11-18/h4-11,13,20,22H,1-3H3. The molecule has 0 saturated carbocycles. The Bertz CT molecular complexity index is 926. The van der Waals surface area contributed by atoms with Crippen molar-refractivity contribution in [2.45, 2.75) is 31.8 Å². The van der Waals surface area contributed by atoms with Crippen LogP contribution in [-0.2, 0) is 9.84 Å². The number of sulfone groups is 1. The Morgan fingerprint density at radius 2 is 1.60 bits per heavy atom. The Morgan fingerprint density at radius 1 is 1.04 bits per heavy atom. The second-order valence-corrected chi connectivity index (χ2v) is 7.91. The maximum absolute atomic E-state index is 13.0. The van der Waals surface area contributed by atoms with Crippen LogP contribution in [0.4, 0.5) is 0 Å². The Balaban J connectivity index is 2.58. The summed E-state index contributed by atoms with van der Waals surface area (Å²) in [7, 11) is -3.91. The molecule has 5 heteroatoms. The molecule has 0 bridgehead atoms. The maximum atomic E-state index is 13.0. The Labute approximate surface area is 148 Å². The lowest BCUT2D eigenvalue weighted by atomic mass is 10.1. The van der Waals surface area contributed by atoms with Gasteiger partial charge in [-0.25, -0.2) is 8.42 Å². The molecule has 2 aromatic rings. The first-order valence-electron chi connectivity index (χ1n) is 7.74. The highest BCUT2D eigenvalue weighted by Gasteiger charge is 2.28. The molecule has 0 saturated heterocycles. The van der Waals surface area contributed by atoms with Crippen LogP contribution in [0, 0.1) is 6.92 Å². The summed E-state index contributed by atoms with van der Waals surface area (Å²) < 4.78 is 26.0. The molecule has 0 aliphatic carbocycles. The topological polar surface area (TPSA) is 71.4 Å². The molecule has 0 aliphatic heterocycles. The van der Waals surface area contributed by atoms with Gasteiger partial charge in [-0.15, -0.1) is 5.73 Å². The number of hydrogen-bond acceptors (Lipinski definition) is 4. The summed E-state index contributed by atoms with van der Waals surface area (Å²) in [5.74, 6) is 0. The number of aliphatic hydroxyl groups excluding tert-OH is 1. The van der Waals surface area contributed by atoms with Crippen LogP contribution in [0.3, 0.4) is 0 Å². The van der Waals surface area contributed by atoms with Crippen molar-refractivity contribution in [3.63, 3.8) is 0 Å². The summed E-state index contributed by atoms with van der Waals surface area (Å²) >= 11 is 0. The molecule has 2 rings (SSSR count). The molecule has 0 heterocycles. The predicted molar refractivity (Wildman–Crippen MR) is 97.0 cm³/mol. The van der Waals surface area contributed by atoms with E-state index in [2.05, 4.69) is 5.73 Å². The van der Waals surface area contributed by atoms with Gasteiger partial charge in [0.2, 0.25) is 9.84 Å². The van der Waals surface area contributed by atoms with Crippen LogP contribution in [0.2, 0.25) is 0 Å². The number of rotatable bonds is 5. The summed E-state index contributed by atoms with van der Waals surface area (Å²) in [5, 5.41) is 10.7. The van der Waals surface area contributed by atoms with Gasteiger partial charge >= 0.3 is 0 Å². The molecule has 1 N–H and O–H groups in total. The second kappa shape index (κ2) is 7.62. The zero-order valence-corrected chi connectivity index (χ0v) is 15.2. The van der Waals surface area contributed by atoms with Gasteiger partial charge in [-0.2, -0.15) is 0 Å². The van der Waals surface area contributed by atoms with Crippen LogP contribution in [0.25, 0.3) is 0 Å². The minimum Gasteiger partial charge on any atom is -0.382 e. The maximum Gasteiger partial charge on any atom is 0.212 e. The van der Waals surface area contributed by atoms with Gasteiger partial charge in [-0.3, -0.25) is 4.79 Å². The lowest BCUT2D eigenvalue weighted by Gasteiger charge is -2.15. The summed E-state index contributed by atoms with van der Waals surface area (Å²) in [5.41, 5.74) is 5.19.